The van der Waals surface area contributed by atoms with E-state index in [1.165, 1.54) is 18.2 Å². The van der Waals surface area contributed by atoms with Gasteiger partial charge in [-0.15, -0.1) is 0 Å². The van der Waals surface area contributed by atoms with Gasteiger partial charge in [-0.25, -0.2) is 0 Å². The SMILES string of the molecule is O=C1c2cccc([N+](=O)[O-])c2C(=O)N1Cc1ccc(Cl)c2cccnc12. The van der Waals surface area contributed by atoms with Crippen molar-refractivity contribution < 1.29 is 14.5 Å². The lowest BCUT2D eigenvalue weighted by Crippen LogP contribution is -2.29. The topological polar surface area (TPSA) is 93.4 Å². The summed E-state index contributed by atoms with van der Waals surface area (Å²) in [6.07, 6.45) is 1.59. The van der Waals surface area contributed by atoms with Crippen molar-refractivity contribution in [1.29, 1.82) is 0 Å². The number of benzene rings is 2. The van der Waals surface area contributed by atoms with Gasteiger partial charge < -0.3 is 0 Å². The smallest absolute Gasteiger partial charge is 0.270 e. The molecule has 1 aliphatic rings. The molecule has 128 valence electrons. The second kappa shape index (κ2) is 5.89. The van der Waals surface area contributed by atoms with Crippen LogP contribution >= 0.6 is 11.6 Å². The highest BCUT2D eigenvalue weighted by Gasteiger charge is 2.41. The molecule has 2 heterocycles. The minimum Gasteiger partial charge on any atom is -0.270 e. The number of pyridine rings is 1. The van der Waals surface area contributed by atoms with Crippen LogP contribution in [0, 0.1) is 10.1 Å². The number of aromatic nitrogens is 1. The van der Waals surface area contributed by atoms with Crippen LogP contribution in [0.25, 0.3) is 10.9 Å². The summed E-state index contributed by atoms with van der Waals surface area (Å²) in [6, 6.07) is 10.9. The number of halogens is 1. The third-order valence-corrected chi connectivity index (χ3v) is 4.63. The molecule has 2 amide bonds. The molecule has 0 spiro atoms. The summed E-state index contributed by atoms with van der Waals surface area (Å²) in [5.74, 6) is -1.25. The van der Waals surface area contributed by atoms with E-state index in [0.29, 0.717) is 21.5 Å². The maximum Gasteiger partial charge on any atom is 0.282 e. The van der Waals surface area contributed by atoms with Gasteiger partial charge in [0.15, 0.2) is 0 Å². The van der Waals surface area contributed by atoms with E-state index >= 15 is 0 Å². The molecule has 4 rings (SSSR count). The van der Waals surface area contributed by atoms with E-state index in [1.54, 1.807) is 30.5 Å². The summed E-state index contributed by atoms with van der Waals surface area (Å²) in [6.45, 7) is -0.0474. The molecular formula is C18H10ClN3O4. The molecule has 1 aliphatic heterocycles. The monoisotopic (exact) mass is 367 g/mol. The van der Waals surface area contributed by atoms with Crippen LogP contribution in [0.3, 0.4) is 0 Å². The number of nitrogens with zero attached hydrogens (tertiary/aromatic N) is 3. The fourth-order valence-corrected chi connectivity index (χ4v) is 3.32. The Hall–Kier alpha value is -3.32. The Morgan fingerprint density at radius 1 is 1.08 bits per heavy atom. The summed E-state index contributed by atoms with van der Waals surface area (Å²) >= 11 is 6.17. The highest BCUT2D eigenvalue weighted by molar-refractivity contribution is 6.35. The predicted molar refractivity (Wildman–Crippen MR) is 94.1 cm³/mol. The molecule has 3 aromatic rings. The maximum atomic E-state index is 12.7. The van der Waals surface area contributed by atoms with Crippen LogP contribution in [-0.4, -0.2) is 26.6 Å². The Balaban J connectivity index is 1.79. The summed E-state index contributed by atoms with van der Waals surface area (Å²) < 4.78 is 0. The third kappa shape index (κ3) is 2.33. The number of nitro benzene ring substituents is 1. The fourth-order valence-electron chi connectivity index (χ4n) is 3.11. The Labute approximate surface area is 152 Å². The zero-order valence-electron chi connectivity index (χ0n) is 13.2. The molecule has 7 nitrogen and oxygen atoms in total. The quantitative estimate of drug-likeness (QED) is 0.400. The van der Waals surface area contributed by atoms with E-state index in [0.717, 1.165) is 4.90 Å². The summed E-state index contributed by atoms with van der Waals surface area (Å²) in [5.41, 5.74) is 0.694. The molecule has 0 bridgehead atoms. The van der Waals surface area contributed by atoms with Crippen LogP contribution in [0.15, 0.2) is 48.7 Å². The average molecular weight is 368 g/mol. The van der Waals surface area contributed by atoms with Crippen molar-refractivity contribution in [2.75, 3.05) is 0 Å². The molecule has 8 heteroatoms. The van der Waals surface area contributed by atoms with Gasteiger partial charge in [0.2, 0.25) is 0 Å². The van der Waals surface area contributed by atoms with Crippen molar-refractivity contribution in [3.63, 3.8) is 0 Å². The van der Waals surface area contributed by atoms with Gasteiger partial charge >= 0.3 is 0 Å². The van der Waals surface area contributed by atoms with Gasteiger partial charge in [-0.2, -0.15) is 0 Å². The number of nitro groups is 1. The number of amides is 2. The average Bonchev–Trinajstić information content (AvgIpc) is 2.89. The Morgan fingerprint density at radius 3 is 2.65 bits per heavy atom. The number of carbonyl (C=O) groups excluding carboxylic acids is 2. The second-order valence-corrected chi connectivity index (χ2v) is 6.17. The zero-order chi connectivity index (χ0) is 18.4. The molecule has 26 heavy (non-hydrogen) atoms. The molecule has 0 saturated carbocycles. The summed E-state index contributed by atoms with van der Waals surface area (Å²) in [7, 11) is 0. The fraction of sp³-hybridized carbons (Fsp3) is 0.0556. The van der Waals surface area contributed by atoms with Gasteiger partial charge in [0.05, 0.1) is 22.5 Å². The second-order valence-electron chi connectivity index (χ2n) is 5.76. The first-order chi connectivity index (χ1) is 12.5. The molecule has 0 N–H and O–H groups in total. The molecule has 0 aliphatic carbocycles. The number of hydrogen-bond donors (Lipinski definition) is 0. The standard InChI is InChI=1S/C18H10ClN3O4/c19-13-7-6-10(16-11(13)4-2-8-20-16)9-21-17(23)12-3-1-5-14(22(25)26)15(12)18(21)24/h1-8H,9H2. The molecule has 0 fully saturated rings. The van der Waals surface area contributed by atoms with Crippen molar-refractivity contribution in [2.24, 2.45) is 0 Å². The van der Waals surface area contributed by atoms with Crippen molar-refractivity contribution in [3.05, 3.63) is 80.5 Å². The van der Waals surface area contributed by atoms with Crippen LogP contribution in [0.5, 0.6) is 0 Å². The van der Waals surface area contributed by atoms with Crippen LogP contribution in [0.1, 0.15) is 26.3 Å². The summed E-state index contributed by atoms with van der Waals surface area (Å²) in [5, 5.41) is 12.4. The first kappa shape index (κ1) is 16.2. The number of fused-ring (bicyclic) bond motifs is 2. The third-order valence-electron chi connectivity index (χ3n) is 4.30. The molecule has 1 aromatic heterocycles. The van der Waals surface area contributed by atoms with Crippen LogP contribution in [0.4, 0.5) is 5.69 Å². The minimum absolute atomic E-state index is 0.0374. The van der Waals surface area contributed by atoms with Crippen LogP contribution < -0.4 is 0 Å². The van der Waals surface area contributed by atoms with Gasteiger partial charge in [0, 0.05) is 22.7 Å². The van der Waals surface area contributed by atoms with Gasteiger partial charge in [-0.1, -0.05) is 23.7 Å². The van der Waals surface area contributed by atoms with E-state index < -0.39 is 16.7 Å². The Kier molecular flexibility index (Phi) is 3.66. The highest BCUT2D eigenvalue weighted by Crippen LogP contribution is 2.33. The van der Waals surface area contributed by atoms with E-state index in [4.69, 9.17) is 11.6 Å². The van der Waals surface area contributed by atoms with E-state index in [1.807, 2.05) is 0 Å². The van der Waals surface area contributed by atoms with E-state index in [9.17, 15) is 19.7 Å². The Morgan fingerprint density at radius 2 is 1.88 bits per heavy atom. The zero-order valence-corrected chi connectivity index (χ0v) is 13.9. The molecule has 2 aromatic carbocycles. The highest BCUT2D eigenvalue weighted by atomic mass is 35.5. The normalized spacial score (nSPS) is 13.3. The molecule has 0 radical (unpaired) electrons. The van der Waals surface area contributed by atoms with E-state index in [-0.39, 0.29) is 23.4 Å². The van der Waals surface area contributed by atoms with Gasteiger partial charge in [-0.05, 0) is 29.8 Å². The van der Waals surface area contributed by atoms with Gasteiger partial charge in [0.25, 0.3) is 17.5 Å². The van der Waals surface area contributed by atoms with Crippen molar-refractivity contribution in [1.82, 2.24) is 9.88 Å². The van der Waals surface area contributed by atoms with Crippen molar-refractivity contribution in [3.8, 4) is 0 Å². The lowest BCUT2D eigenvalue weighted by molar-refractivity contribution is -0.385. The number of carbonyl (C=O) groups is 2. The molecule has 0 unspecified atom stereocenters. The number of imide groups is 1. The predicted octanol–water partition coefficient (Wildman–Crippen LogP) is 3.59. The Bertz CT molecular complexity index is 1110. The largest absolute Gasteiger partial charge is 0.282 e. The first-order valence-electron chi connectivity index (χ1n) is 7.64. The summed E-state index contributed by atoms with van der Waals surface area (Å²) in [4.78, 5) is 41.1. The van der Waals surface area contributed by atoms with E-state index in [2.05, 4.69) is 4.98 Å². The lowest BCUT2D eigenvalue weighted by Gasteiger charge is -2.15. The maximum absolute atomic E-state index is 12.7. The van der Waals surface area contributed by atoms with Gasteiger partial charge in [0.1, 0.15) is 5.56 Å². The van der Waals surface area contributed by atoms with Gasteiger partial charge in [-0.3, -0.25) is 29.6 Å². The van der Waals surface area contributed by atoms with Crippen molar-refractivity contribution >= 4 is 40.0 Å². The number of hydrogen-bond acceptors (Lipinski definition) is 5. The molecule has 0 atom stereocenters. The minimum atomic E-state index is -0.684. The van der Waals surface area contributed by atoms with Crippen LogP contribution in [-0.2, 0) is 6.54 Å². The van der Waals surface area contributed by atoms with Crippen LogP contribution in [0.2, 0.25) is 5.02 Å². The lowest BCUT2D eigenvalue weighted by atomic mass is 10.1. The van der Waals surface area contributed by atoms with Crippen molar-refractivity contribution in [2.45, 2.75) is 6.54 Å². The molecular weight excluding hydrogens is 358 g/mol. The molecule has 0 saturated heterocycles. The first-order valence-corrected chi connectivity index (χ1v) is 8.02. The number of rotatable bonds is 3.